The van der Waals surface area contributed by atoms with Gasteiger partial charge in [-0.2, -0.15) is 0 Å². The topological polar surface area (TPSA) is 50.4 Å². The van der Waals surface area contributed by atoms with Gasteiger partial charge in [0, 0.05) is 19.3 Å². The number of hydrogen-bond donors (Lipinski definition) is 1. The van der Waals surface area contributed by atoms with Gasteiger partial charge in [-0.25, -0.2) is 0 Å². The molecule has 0 aliphatic carbocycles. The molecule has 0 saturated heterocycles. The summed E-state index contributed by atoms with van der Waals surface area (Å²) in [4.78, 5) is 10.3. The third-order valence-corrected chi connectivity index (χ3v) is 3.63. The molecule has 3 heteroatoms. The third kappa shape index (κ3) is 11.8. The molecule has 0 spiro atoms. The largest absolute Gasteiger partial charge is 0.481 e. The average molecular weight is 342 g/mol. The van der Waals surface area contributed by atoms with Crippen molar-refractivity contribution in [3.63, 3.8) is 0 Å². The molecule has 0 aromatic carbocycles. The zero-order valence-electron chi connectivity index (χ0n) is 15.2. The van der Waals surface area contributed by atoms with Gasteiger partial charge in [0.2, 0.25) is 0 Å². The molecule has 0 fully saturated rings. The van der Waals surface area contributed by atoms with Gasteiger partial charge in [-0.3, -0.25) is 4.79 Å². The number of unbranched alkanes of at least 4 members (excludes halogenated alkanes) is 1. The quantitative estimate of drug-likeness (QED) is 0.351. The van der Waals surface area contributed by atoms with Crippen molar-refractivity contribution in [2.45, 2.75) is 58.3 Å². The van der Waals surface area contributed by atoms with E-state index in [4.69, 9.17) is 9.52 Å². The molecule has 1 rings (SSSR count). The molecule has 25 heavy (non-hydrogen) atoms. The molecule has 1 aromatic rings. The summed E-state index contributed by atoms with van der Waals surface area (Å²) in [6.07, 6.45) is 23.5. The van der Waals surface area contributed by atoms with E-state index in [0.717, 1.165) is 50.0 Å². The van der Waals surface area contributed by atoms with E-state index in [1.807, 2.05) is 12.1 Å². The summed E-state index contributed by atoms with van der Waals surface area (Å²) in [5.74, 6) is 1.35. The lowest BCUT2D eigenvalue weighted by molar-refractivity contribution is -0.137. The Morgan fingerprint density at radius 2 is 1.48 bits per heavy atom. The van der Waals surface area contributed by atoms with Gasteiger partial charge in [0.05, 0.1) is 0 Å². The molecule has 3 nitrogen and oxygen atoms in total. The van der Waals surface area contributed by atoms with Crippen LogP contribution in [0.2, 0.25) is 0 Å². The van der Waals surface area contributed by atoms with Gasteiger partial charge in [0.1, 0.15) is 11.5 Å². The van der Waals surface area contributed by atoms with Crippen molar-refractivity contribution in [2.75, 3.05) is 0 Å². The van der Waals surface area contributed by atoms with Gasteiger partial charge >= 0.3 is 5.97 Å². The fourth-order valence-electron chi connectivity index (χ4n) is 2.22. The van der Waals surface area contributed by atoms with Crippen LogP contribution in [0.5, 0.6) is 0 Å². The first kappa shape index (κ1) is 20.8. The SMILES string of the molecule is CCc1ccc(C/C=C\C/C=C\C/C=C\C/C=C\CCCC(=O)O)o1. The Labute approximate surface area is 151 Å². The smallest absolute Gasteiger partial charge is 0.303 e. The van der Waals surface area contributed by atoms with Gasteiger partial charge in [-0.15, -0.1) is 0 Å². The zero-order chi connectivity index (χ0) is 18.2. The normalized spacial score (nSPS) is 12.4. The zero-order valence-corrected chi connectivity index (χ0v) is 15.2. The fraction of sp³-hybridized carbons (Fsp3) is 0.409. The minimum Gasteiger partial charge on any atom is -0.481 e. The standard InChI is InChI=1S/C22H30O3/c1-2-20-18-19-21(25-20)16-14-12-10-8-6-4-3-5-7-9-11-13-15-17-22(23)24/h3,5-6,8-9,11-12,14,18-19H,2,4,7,10,13,15-17H2,1H3,(H,23,24)/b5-3-,8-6-,11-9-,14-12-. The minimum absolute atomic E-state index is 0.251. The lowest BCUT2D eigenvalue weighted by atomic mass is 10.2. The molecular weight excluding hydrogens is 312 g/mol. The van der Waals surface area contributed by atoms with Gasteiger partial charge in [-0.1, -0.05) is 55.5 Å². The van der Waals surface area contributed by atoms with Crippen molar-refractivity contribution in [3.8, 4) is 0 Å². The fourth-order valence-corrected chi connectivity index (χ4v) is 2.22. The monoisotopic (exact) mass is 342 g/mol. The maximum Gasteiger partial charge on any atom is 0.303 e. The van der Waals surface area contributed by atoms with Crippen molar-refractivity contribution in [2.24, 2.45) is 0 Å². The maximum absolute atomic E-state index is 10.3. The number of furan rings is 1. The second kappa shape index (κ2) is 14.1. The van der Waals surface area contributed by atoms with Crippen LogP contribution in [0.15, 0.2) is 65.2 Å². The molecule has 0 aliphatic heterocycles. The van der Waals surface area contributed by atoms with Gasteiger partial charge in [0.25, 0.3) is 0 Å². The van der Waals surface area contributed by atoms with Crippen LogP contribution in [0.4, 0.5) is 0 Å². The number of carboxylic acid groups (broad SMARTS) is 1. The van der Waals surface area contributed by atoms with Crippen molar-refractivity contribution in [1.29, 1.82) is 0 Å². The molecule has 0 atom stereocenters. The van der Waals surface area contributed by atoms with Crippen molar-refractivity contribution in [1.82, 2.24) is 0 Å². The summed E-state index contributed by atoms with van der Waals surface area (Å²) in [5.41, 5.74) is 0. The molecule has 1 heterocycles. The van der Waals surface area contributed by atoms with Crippen molar-refractivity contribution < 1.29 is 14.3 Å². The van der Waals surface area contributed by atoms with Crippen LogP contribution >= 0.6 is 0 Å². The third-order valence-electron chi connectivity index (χ3n) is 3.63. The highest BCUT2D eigenvalue weighted by Gasteiger charge is 1.96. The van der Waals surface area contributed by atoms with E-state index in [0.29, 0.717) is 6.42 Å². The highest BCUT2D eigenvalue weighted by molar-refractivity contribution is 5.66. The predicted octanol–water partition coefficient (Wildman–Crippen LogP) is 6.03. The van der Waals surface area contributed by atoms with Crippen LogP contribution in [0.3, 0.4) is 0 Å². The summed E-state index contributed by atoms with van der Waals surface area (Å²) in [7, 11) is 0. The maximum atomic E-state index is 10.3. The van der Waals surface area contributed by atoms with E-state index in [-0.39, 0.29) is 6.42 Å². The summed E-state index contributed by atoms with van der Waals surface area (Å²) in [5, 5.41) is 8.52. The van der Waals surface area contributed by atoms with E-state index in [1.54, 1.807) is 0 Å². The van der Waals surface area contributed by atoms with E-state index in [2.05, 4.69) is 55.5 Å². The number of carboxylic acids is 1. The molecule has 0 saturated carbocycles. The van der Waals surface area contributed by atoms with Crippen LogP contribution < -0.4 is 0 Å². The first-order valence-electron chi connectivity index (χ1n) is 9.11. The number of allylic oxidation sites excluding steroid dienone is 8. The predicted molar refractivity (Wildman–Crippen MR) is 104 cm³/mol. The summed E-state index contributed by atoms with van der Waals surface area (Å²) >= 11 is 0. The van der Waals surface area contributed by atoms with E-state index in [1.165, 1.54) is 0 Å². The van der Waals surface area contributed by atoms with Crippen LogP contribution in [0.1, 0.15) is 57.0 Å². The number of carbonyl (C=O) groups is 1. The molecule has 1 aromatic heterocycles. The Morgan fingerprint density at radius 3 is 2.04 bits per heavy atom. The number of aliphatic carboxylic acids is 1. The molecule has 0 unspecified atom stereocenters. The second-order valence-corrected chi connectivity index (χ2v) is 5.80. The molecule has 0 radical (unpaired) electrons. The Bertz CT molecular complexity index is 588. The van der Waals surface area contributed by atoms with Gasteiger partial charge in [0.15, 0.2) is 0 Å². The second-order valence-electron chi connectivity index (χ2n) is 5.80. The Hall–Kier alpha value is -2.29. The van der Waals surface area contributed by atoms with E-state index in [9.17, 15) is 4.79 Å². The Balaban J connectivity index is 2.01. The average Bonchev–Trinajstić information content (AvgIpc) is 3.06. The minimum atomic E-state index is -0.721. The number of rotatable bonds is 13. The molecule has 0 amide bonds. The summed E-state index contributed by atoms with van der Waals surface area (Å²) < 4.78 is 5.65. The highest BCUT2D eigenvalue weighted by atomic mass is 16.4. The van der Waals surface area contributed by atoms with Crippen LogP contribution in [-0.4, -0.2) is 11.1 Å². The van der Waals surface area contributed by atoms with E-state index < -0.39 is 5.97 Å². The van der Waals surface area contributed by atoms with Crippen LogP contribution in [0.25, 0.3) is 0 Å². The molecular formula is C22H30O3. The van der Waals surface area contributed by atoms with Crippen molar-refractivity contribution >= 4 is 5.97 Å². The molecule has 0 aliphatic rings. The lowest BCUT2D eigenvalue weighted by Gasteiger charge is -1.90. The lowest BCUT2D eigenvalue weighted by Crippen LogP contribution is -1.92. The van der Waals surface area contributed by atoms with Crippen LogP contribution in [0, 0.1) is 0 Å². The Morgan fingerprint density at radius 1 is 0.920 bits per heavy atom. The number of hydrogen-bond acceptors (Lipinski definition) is 2. The van der Waals surface area contributed by atoms with Crippen molar-refractivity contribution in [3.05, 3.63) is 72.3 Å². The highest BCUT2D eigenvalue weighted by Crippen LogP contribution is 2.09. The van der Waals surface area contributed by atoms with Gasteiger partial charge < -0.3 is 9.52 Å². The summed E-state index contributed by atoms with van der Waals surface area (Å²) in [6.45, 7) is 2.09. The first-order valence-corrected chi connectivity index (χ1v) is 9.11. The van der Waals surface area contributed by atoms with E-state index >= 15 is 0 Å². The number of aryl methyl sites for hydroxylation is 1. The van der Waals surface area contributed by atoms with Crippen LogP contribution in [-0.2, 0) is 17.6 Å². The molecule has 1 N–H and O–H groups in total. The molecule has 0 bridgehead atoms. The summed E-state index contributed by atoms with van der Waals surface area (Å²) in [6, 6.07) is 4.09. The Kier molecular flexibility index (Phi) is 11.7. The first-order chi connectivity index (χ1) is 12.2. The van der Waals surface area contributed by atoms with Gasteiger partial charge in [-0.05, 0) is 44.2 Å². The molecule has 136 valence electrons.